The maximum atomic E-state index is 14.1. The Morgan fingerprint density at radius 3 is 2.05 bits per heavy atom. The smallest absolute Gasteiger partial charge is 0.186 e. The van der Waals surface area contributed by atoms with Crippen LogP contribution in [0.2, 0.25) is 0 Å². The molecule has 0 amide bonds. The number of nitrogens with one attached hydrogen (secondary N) is 1. The van der Waals surface area contributed by atoms with Crippen molar-refractivity contribution in [3.8, 4) is 12.1 Å². The van der Waals surface area contributed by atoms with Crippen molar-refractivity contribution in [3.63, 3.8) is 0 Å². The number of hydrogen-bond acceptors (Lipinski definition) is 3. The van der Waals surface area contributed by atoms with Gasteiger partial charge in [-0.15, -0.1) is 0 Å². The van der Waals surface area contributed by atoms with Gasteiger partial charge in [-0.05, 0) is 18.6 Å². The first-order valence-corrected chi connectivity index (χ1v) is 5.84. The minimum atomic E-state index is -1.55. The number of hydrogen-bond donors (Lipinski definition) is 1. The highest BCUT2D eigenvalue weighted by Gasteiger charge is 2.25. The van der Waals surface area contributed by atoms with E-state index in [1.165, 1.54) is 12.1 Å². The van der Waals surface area contributed by atoms with Gasteiger partial charge in [-0.3, -0.25) is 0 Å². The zero-order valence-electron chi connectivity index (χ0n) is 10.8. The second kappa shape index (κ2) is 5.56. The second-order valence-corrected chi connectivity index (χ2v) is 4.23. The average molecular weight is 287 g/mol. The standard InChI is InChI=1S/C15H8F3N3/c1-8-4-2-3-5-11(8)21-15-13(17)10(7-20)9(6-19)12(16)14(15)18/h2-5,21H,1H3. The predicted octanol–water partition coefficient (Wildman–Crippen LogP) is 3.90. The molecule has 0 unspecified atom stereocenters. The highest BCUT2D eigenvalue weighted by atomic mass is 19.2. The van der Waals surface area contributed by atoms with Crippen LogP contribution in [0, 0.1) is 47.0 Å². The summed E-state index contributed by atoms with van der Waals surface area (Å²) in [5, 5.41) is 20.0. The fourth-order valence-corrected chi connectivity index (χ4v) is 1.83. The van der Waals surface area contributed by atoms with E-state index in [9.17, 15) is 13.2 Å². The van der Waals surface area contributed by atoms with Crippen LogP contribution in [0.15, 0.2) is 24.3 Å². The van der Waals surface area contributed by atoms with E-state index in [-0.39, 0.29) is 0 Å². The van der Waals surface area contributed by atoms with Crippen molar-refractivity contribution in [3.05, 3.63) is 58.4 Å². The monoisotopic (exact) mass is 287 g/mol. The first kappa shape index (κ1) is 14.4. The van der Waals surface area contributed by atoms with Gasteiger partial charge in [0.2, 0.25) is 0 Å². The largest absolute Gasteiger partial charge is 0.350 e. The third kappa shape index (κ3) is 2.39. The number of nitrogens with zero attached hydrogens (tertiary/aromatic N) is 2. The maximum absolute atomic E-state index is 14.1. The van der Waals surface area contributed by atoms with Crippen LogP contribution in [0.3, 0.4) is 0 Å². The van der Waals surface area contributed by atoms with E-state index in [1.807, 2.05) is 0 Å². The van der Waals surface area contributed by atoms with Gasteiger partial charge in [-0.1, -0.05) is 18.2 Å². The van der Waals surface area contributed by atoms with Gasteiger partial charge < -0.3 is 5.32 Å². The molecule has 0 aliphatic rings. The van der Waals surface area contributed by atoms with Gasteiger partial charge in [0.15, 0.2) is 17.5 Å². The molecule has 0 saturated carbocycles. The number of halogens is 3. The summed E-state index contributed by atoms with van der Waals surface area (Å²) in [5.74, 6) is -4.38. The number of nitriles is 2. The van der Waals surface area contributed by atoms with E-state index in [1.54, 1.807) is 31.2 Å². The Bertz CT molecular complexity index is 801. The van der Waals surface area contributed by atoms with Crippen LogP contribution in [-0.2, 0) is 0 Å². The molecular formula is C15H8F3N3. The first-order chi connectivity index (χ1) is 10.0. The summed E-state index contributed by atoms with van der Waals surface area (Å²) < 4.78 is 41.8. The van der Waals surface area contributed by atoms with E-state index < -0.39 is 34.3 Å². The molecule has 1 N–H and O–H groups in total. The molecule has 0 aliphatic carbocycles. The topological polar surface area (TPSA) is 59.6 Å². The zero-order valence-corrected chi connectivity index (χ0v) is 10.8. The summed E-state index contributed by atoms with van der Waals surface area (Å²) in [4.78, 5) is 0. The first-order valence-electron chi connectivity index (χ1n) is 5.84. The van der Waals surface area contributed by atoms with Crippen molar-refractivity contribution < 1.29 is 13.2 Å². The van der Waals surface area contributed by atoms with Crippen molar-refractivity contribution in [2.24, 2.45) is 0 Å². The van der Waals surface area contributed by atoms with Gasteiger partial charge in [0, 0.05) is 5.69 Å². The van der Waals surface area contributed by atoms with Gasteiger partial charge in [0.05, 0.1) is 0 Å². The van der Waals surface area contributed by atoms with Crippen LogP contribution in [0.1, 0.15) is 16.7 Å². The Balaban J connectivity index is 2.67. The molecule has 2 aromatic carbocycles. The lowest BCUT2D eigenvalue weighted by Gasteiger charge is -2.13. The lowest BCUT2D eigenvalue weighted by Crippen LogP contribution is -2.07. The molecule has 2 rings (SSSR count). The third-order valence-corrected chi connectivity index (χ3v) is 2.95. The molecule has 0 heterocycles. The van der Waals surface area contributed by atoms with Gasteiger partial charge in [-0.25, -0.2) is 13.2 Å². The molecule has 0 spiro atoms. The summed E-state index contributed by atoms with van der Waals surface area (Å²) in [6, 6.07) is 9.29. The van der Waals surface area contributed by atoms with Crippen LogP contribution in [0.4, 0.5) is 24.5 Å². The normalized spacial score (nSPS) is 9.81. The third-order valence-electron chi connectivity index (χ3n) is 2.95. The SMILES string of the molecule is Cc1ccccc1Nc1c(F)c(F)c(C#N)c(C#N)c1F. The molecule has 0 radical (unpaired) electrons. The predicted molar refractivity (Wildman–Crippen MR) is 70.2 cm³/mol. The van der Waals surface area contributed by atoms with Crippen molar-refractivity contribution in [2.75, 3.05) is 5.32 Å². The average Bonchev–Trinajstić information content (AvgIpc) is 2.48. The summed E-state index contributed by atoms with van der Waals surface area (Å²) in [6.45, 7) is 1.70. The minimum absolute atomic E-state index is 0.364. The Kier molecular flexibility index (Phi) is 3.82. The van der Waals surface area contributed by atoms with Gasteiger partial charge >= 0.3 is 0 Å². The summed E-state index contributed by atoms with van der Waals surface area (Å²) in [7, 11) is 0. The molecule has 6 heteroatoms. The Morgan fingerprint density at radius 2 is 1.48 bits per heavy atom. The Morgan fingerprint density at radius 1 is 0.905 bits per heavy atom. The molecule has 21 heavy (non-hydrogen) atoms. The molecule has 0 atom stereocenters. The highest BCUT2D eigenvalue weighted by Crippen LogP contribution is 2.31. The molecule has 2 aromatic rings. The van der Waals surface area contributed by atoms with E-state index in [4.69, 9.17) is 10.5 Å². The van der Waals surface area contributed by atoms with Crippen LogP contribution < -0.4 is 5.32 Å². The molecule has 0 aromatic heterocycles. The Labute approximate surface area is 118 Å². The molecule has 3 nitrogen and oxygen atoms in total. The Hall–Kier alpha value is -2.99. The summed E-state index contributed by atoms with van der Waals surface area (Å²) in [5.41, 5.74) is -1.52. The van der Waals surface area contributed by atoms with Crippen LogP contribution in [0.5, 0.6) is 0 Å². The maximum Gasteiger partial charge on any atom is 0.186 e. The van der Waals surface area contributed by atoms with Crippen molar-refractivity contribution in [2.45, 2.75) is 6.92 Å². The molecule has 0 aliphatic heterocycles. The molecular weight excluding hydrogens is 279 g/mol. The number of benzene rings is 2. The fourth-order valence-electron chi connectivity index (χ4n) is 1.83. The minimum Gasteiger partial charge on any atom is -0.350 e. The number of anilines is 2. The van der Waals surface area contributed by atoms with E-state index >= 15 is 0 Å². The molecule has 0 fully saturated rings. The number of rotatable bonds is 2. The lowest BCUT2D eigenvalue weighted by atomic mass is 10.1. The van der Waals surface area contributed by atoms with Crippen molar-refractivity contribution in [1.29, 1.82) is 10.5 Å². The van der Waals surface area contributed by atoms with Gasteiger partial charge in [0.1, 0.15) is 29.0 Å². The van der Waals surface area contributed by atoms with E-state index in [0.717, 1.165) is 0 Å². The van der Waals surface area contributed by atoms with E-state index in [0.29, 0.717) is 11.3 Å². The number of aryl methyl sites for hydroxylation is 1. The molecule has 0 saturated heterocycles. The van der Waals surface area contributed by atoms with Crippen LogP contribution in [0.25, 0.3) is 0 Å². The van der Waals surface area contributed by atoms with Crippen LogP contribution in [-0.4, -0.2) is 0 Å². The lowest BCUT2D eigenvalue weighted by molar-refractivity contribution is 0.496. The summed E-state index contributed by atoms with van der Waals surface area (Å²) >= 11 is 0. The summed E-state index contributed by atoms with van der Waals surface area (Å²) in [6.07, 6.45) is 0. The fraction of sp³-hybridized carbons (Fsp3) is 0.0667. The highest BCUT2D eigenvalue weighted by molar-refractivity contribution is 5.68. The van der Waals surface area contributed by atoms with Gasteiger partial charge in [0.25, 0.3) is 0 Å². The molecule has 104 valence electrons. The zero-order chi connectivity index (χ0) is 15.6. The van der Waals surface area contributed by atoms with Crippen molar-refractivity contribution in [1.82, 2.24) is 0 Å². The van der Waals surface area contributed by atoms with Gasteiger partial charge in [-0.2, -0.15) is 10.5 Å². The van der Waals surface area contributed by atoms with E-state index in [2.05, 4.69) is 5.32 Å². The quantitative estimate of drug-likeness (QED) is 0.852. The number of para-hydroxylation sites is 1. The second-order valence-electron chi connectivity index (χ2n) is 4.23. The van der Waals surface area contributed by atoms with Crippen LogP contribution >= 0.6 is 0 Å². The van der Waals surface area contributed by atoms with Crippen molar-refractivity contribution >= 4 is 11.4 Å². The molecule has 0 bridgehead atoms.